The van der Waals surface area contributed by atoms with Gasteiger partial charge in [-0.1, -0.05) is 5.21 Å². The van der Waals surface area contributed by atoms with Crippen molar-refractivity contribution in [2.75, 3.05) is 7.11 Å². The van der Waals surface area contributed by atoms with Gasteiger partial charge in [0.15, 0.2) is 5.76 Å². The number of hydrogen-bond acceptors (Lipinski definition) is 6. The Morgan fingerprint density at radius 2 is 1.90 bits per heavy atom. The summed E-state index contributed by atoms with van der Waals surface area (Å²) < 4.78 is 41.9. The van der Waals surface area contributed by atoms with Crippen LogP contribution >= 0.6 is 0 Å². The van der Waals surface area contributed by atoms with Gasteiger partial charge >= 0.3 is 0 Å². The van der Waals surface area contributed by atoms with Gasteiger partial charge in [0.25, 0.3) is 0 Å². The minimum atomic E-state index is -0.753. The summed E-state index contributed by atoms with van der Waals surface area (Å²) in [7, 11) is 1.59. The zero-order valence-electron chi connectivity index (χ0n) is 16.7. The largest absolute Gasteiger partial charge is 0.497 e. The fourth-order valence-corrected chi connectivity index (χ4v) is 2.91. The Hall–Kier alpha value is -4.08. The third kappa shape index (κ3) is 4.42. The number of rotatable bonds is 7. The van der Waals surface area contributed by atoms with E-state index < -0.39 is 11.6 Å². The summed E-state index contributed by atoms with van der Waals surface area (Å²) in [5.41, 5.74) is 1.88. The predicted octanol–water partition coefficient (Wildman–Crippen LogP) is 3.71. The molecule has 2 aromatic carbocycles. The Bertz CT molecular complexity index is 1200. The first-order valence-electron chi connectivity index (χ1n) is 9.25. The van der Waals surface area contributed by atoms with Crippen LogP contribution < -0.4 is 4.74 Å². The fourth-order valence-electron chi connectivity index (χ4n) is 2.91. The number of halogens is 2. The maximum Gasteiger partial charge on any atom is 0.151 e. The van der Waals surface area contributed by atoms with Gasteiger partial charge in [0.2, 0.25) is 0 Å². The smallest absolute Gasteiger partial charge is 0.151 e. The average molecular weight is 424 g/mol. The lowest BCUT2D eigenvalue weighted by molar-refractivity contribution is 0.258. The van der Waals surface area contributed by atoms with Crippen LogP contribution in [0.2, 0.25) is 0 Å². The molecule has 4 rings (SSSR count). The molecule has 0 aliphatic rings. The summed E-state index contributed by atoms with van der Waals surface area (Å²) in [6.07, 6.45) is 4.51. The van der Waals surface area contributed by atoms with E-state index in [1.165, 1.54) is 23.4 Å². The number of allylic oxidation sites excluding steroid dienone is 1. The zero-order valence-corrected chi connectivity index (χ0v) is 16.7. The Balaban J connectivity index is 1.60. The molecule has 0 fully saturated rings. The van der Waals surface area contributed by atoms with E-state index in [-0.39, 0.29) is 17.9 Å². The van der Waals surface area contributed by atoms with Crippen LogP contribution in [0.5, 0.6) is 5.75 Å². The van der Waals surface area contributed by atoms with Crippen molar-refractivity contribution in [3.63, 3.8) is 0 Å². The van der Waals surface area contributed by atoms with Gasteiger partial charge in [0.1, 0.15) is 42.3 Å². The maximum atomic E-state index is 14.5. The molecule has 31 heavy (non-hydrogen) atoms. The summed E-state index contributed by atoms with van der Waals surface area (Å²) in [6.45, 7) is 1.70. The number of benzene rings is 2. The number of nitrogens with zero attached hydrogens (tertiary/aromatic N) is 6. The van der Waals surface area contributed by atoms with Crippen LogP contribution in [0.3, 0.4) is 0 Å². The molecule has 0 N–H and O–H groups in total. The molecule has 0 aliphatic heterocycles. The Morgan fingerprint density at radius 3 is 2.58 bits per heavy atom. The molecule has 2 aromatic heterocycles. The summed E-state index contributed by atoms with van der Waals surface area (Å²) in [5.74, 6) is -0.521. The third-order valence-electron chi connectivity index (χ3n) is 4.51. The second kappa shape index (κ2) is 8.74. The highest BCUT2D eigenvalue weighted by Crippen LogP contribution is 2.27. The van der Waals surface area contributed by atoms with Gasteiger partial charge in [-0.05, 0) is 43.3 Å². The lowest BCUT2D eigenvalue weighted by Gasteiger charge is -2.14. The summed E-state index contributed by atoms with van der Waals surface area (Å²) in [6, 6.07) is 10.6. The lowest BCUT2D eigenvalue weighted by Crippen LogP contribution is -2.04. The highest BCUT2D eigenvalue weighted by Gasteiger charge is 2.17. The molecule has 0 bridgehead atoms. The molecule has 0 amide bonds. The van der Waals surface area contributed by atoms with Gasteiger partial charge in [-0.2, -0.15) is 5.10 Å². The monoisotopic (exact) mass is 424 g/mol. The van der Waals surface area contributed by atoms with Gasteiger partial charge in [0.05, 0.1) is 30.3 Å². The van der Waals surface area contributed by atoms with E-state index in [1.807, 2.05) is 24.3 Å². The standard InChI is InChI=1S/C21H18F2N6O2/c1-14(29-13-24-12-25-29)21(19-8-3-15(22)9-20(19)23)31-11-16-10-28(27-26-16)17-4-6-18(30-2)7-5-17/h3-10,12-13H,11H2,1-2H3/b21-14-. The average Bonchev–Trinajstić information content (AvgIpc) is 3.47. The van der Waals surface area contributed by atoms with E-state index >= 15 is 0 Å². The van der Waals surface area contributed by atoms with Crippen LogP contribution in [0.15, 0.2) is 61.3 Å². The molecule has 0 atom stereocenters. The van der Waals surface area contributed by atoms with Crippen molar-refractivity contribution < 1.29 is 18.3 Å². The van der Waals surface area contributed by atoms with Crippen molar-refractivity contribution in [1.29, 1.82) is 0 Å². The Labute approximate surface area is 176 Å². The van der Waals surface area contributed by atoms with Crippen molar-refractivity contribution in [3.05, 3.63) is 84.2 Å². The van der Waals surface area contributed by atoms with Crippen LogP contribution in [0, 0.1) is 11.6 Å². The fraction of sp³-hybridized carbons (Fsp3) is 0.143. The number of aromatic nitrogens is 6. The summed E-state index contributed by atoms with van der Waals surface area (Å²) >= 11 is 0. The van der Waals surface area contributed by atoms with Crippen molar-refractivity contribution in [2.24, 2.45) is 0 Å². The van der Waals surface area contributed by atoms with Crippen LogP contribution in [0.25, 0.3) is 17.1 Å². The molecule has 0 saturated carbocycles. The van der Waals surface area contributed by atoms with Crippen LogP contribution in [0.1, 0.15) is 18.2 Å². The molecule has 4 aromatic rings. The zero-order chi connectivity index (χ0) is 21.8. The molecule has 0 radical (unpaired) electrons. The van der Waals surface area contributed by atoms with E-state index in [4.69, 9.17) is 9.47 Å². The topological polar surface area (TPSA) is 79.9 Å². The predicted molar refractivity (Wildman–Crippen MR) is 108 cm³/mol. The van der Waals surface area contributed by atoms with E-state index in [0.717, 1.165) is 23.6 Å². The minimum Gasteiger partial charge on any atom is -0.497 e. The van der Waals surface area contributed by atoms with Crippen molar-refractivity contribution in [2.45, 2.75) is 13.5 Å². The van der Waals surface area contributed by atoms with Gasteiger partial charge < -0.3 is 9.47 Å². The SMILES string of the molecule is COc1ccc(-n2cc(CO/C(=C(/C)n3cncn3)c3ccc(F)cc3F)nn2)cc1. The highest BCUT2D eigenvalue weighted by atomic mass is 19.1. The molecule has 2 heterocycles. The molecule has 0 saturated heterocycles. The van der Waals surface area contributed by atoms with Crippen molar-refractivity contribution >= 4 is 11.5 Å². The summed E-state index contributed by atoms with van der Waals surface area (Å²) in [5, 5.41) is 12.3. The lowest BCUT2D eigenvalue weighted by atomic mass is 10.1. The van der Waals surface area contributed by atoms with E-state index in [0.29, 0.717) is 11.4 Å². The first kappa shape index (κ1) is 20.2. The molecule has 0 unspecified atom stereocenters. The molecular weight excluding hydrogens is 406 g/mol. The second-order valence-electron chi connectivity index (χ2n) is 6.52. The van der Waals surface area contributed by atoms with Gasteiger partial charge in [0, 0.05) is 6.07 Å². The van der Waals surface area contributed by atoms with E-state index in [9.17, 15) is 8.78 Å². The molecule has 10 heteroatoms. The van der Waals surface area contributed by atoms with E-state index in [2.05, 4.69) is 20.4 Å². The van der Waals surface area contributed by atoms with Gasteiger partial charge in [-0.3, -0.25) is 0 Å². The third-order valence-corrected chi connectivity index (χ3v) is 4.51. The number of methoxy groups -OCH3 is 1. The molecule has 0 spiro atoms. The Kier molecular flexibility index (Phi) is 5.69. The summed E-state index contributed by atoms with van der Waals surface area (Å²) in [4.78, 5) is 3.90. The van der Waals surface area contributed by atoms with Gasteiger partial charge in [-0.25, -0.2) is 23.1 Å². The van der Waals surface area contributed by atoms with Crippen LogP contribution in [-0.2, 0) is 11.3 Å². The van der Waals surface area contributed by atoms with E-state index in [1.54, 1.807) is 24.9 Å². The minimum absolute atomic E-state index is 0.00828. The second-order valence-corrected chi connectivity index (χ2v) is 6.52. The number of hydrogen-bond donors (Lipinski definition) is 0. The quantitative estimate of drug-likeness (QED) is 0.421. The molecule has 8 nitrogen and oxygen atoms in total. The molecule has 158 valence electrons. The van der Waals surface area contributed by atoms with Crippen molar-refractivity contribution in [1.82, 2.24) is 29.8 Å². The van der Waals surface area contributed by atoms with Crippen molar-refractivity contribution in [3.8, 4) is 11.4 Å². The number of ether oxygens (including phenoxy) is 2. The first-order valence-corrected chi connectivity index (χ1v) is 9.25. The maximum absolute atomic E-state index is 14.5. The normalized spacial score (nSPS) is 11.9. The van der Waals surface area contributed by atoms with Crippen LogP contribution in [-0.4, -0.2) is 36.9 Å². The highest BCUT2D eigenvalue weighted by molar-refractivity contribution is 5.77. The molecular formula is C21H18F2N6O2. The van der Waals surface area contributed by atoms with Gasteiger partial charge in [-0.15, -0.1) is 5.10 Å². The Morgan fingerprint density at radius 1 is 1.10 bits per heavy atom. The molecule has 0 aliphatic carbocycles. The van der Waals surface area contributed by atoms with Crippen LogP contribution in [0.4, 0.5) is 8.78 Å². The first-order chi connectivity index (χ1) is 15.0.